The van der Waals surface area contributed by atoms with Gasteiger partial charge in [0.2, 0.25) is 0 Å². The Labute approximate surface area is 106 Å². The van der Waals surface area contributed by atoms with Gasteiger partial charge in [-0.15, -0.1) is 11.8 Å². The lowest BCUT2D eigenvalue weighted by Gasteiger charge is -2.21. The number of hydrogen-bond acceptors (Lipinski definition) is 4. The fourth-order valence-electron chi connectivity index (χ4n) is 1.88. The molecule has 0 aliphatic carbocycles. The first-order valence-corrected chi connectivity index (χ1v) is 6.67. The first kappa shape index (κ1) is 12.3. The number of nitriles is 1. The van der Waals surface area contributed by atoms with E-state index in [1.165, 1.54) is 4.90 Å². The lowest BCUT2D eigenvalue weighted by Crippen LogP contribution is -2.17. The molecule has 0 saturated carbocycles. The molecule has 0 amide bonds. The summed E-state index contributed by atoms with van der Waals surface area (Å²) in [5.74, 6) is 0. The highest BCUT2D eigenvalue weighted by Gasteiger charge is 2.15. The highest BCUT2D eigenvalue weighted by molar-refractivity contribution is 8.00. The summed E-state index contributed by atoms with van der Waals surface area (Å²) in [5.41, 5.74) is 7.47. The summed E-state index contributed by atoms with van der Waals surface area (Å²) in [6.45, 7) is 1.72. The van der Waals surface area contributed by atoms with Crippen LogP contribution >= 0.6 is 11.8 Å². The van der Waals surface area contributed by atoms with Gasteiger partial charge < -0.3 is 10.5 Å². The third-order valence-corrected chi connectivity index (χ3v) is 4.19. The summed E-state index contributed by atoms with van der Waals surface area (Å²) in [5, 5.41) is 9.35. The van der Waals surface area contributed by atoms with Crippen molar-refractivity contribution < 1.29 is 4.74 Å². The molecule has 90 valence electrons. The Morgan fingerprint density at radius 3 is 2.88 bits per heavy atom. The van der Waals surface area contributed by atoms with Crippen LogP contribution in [-0.2, 0) is 11.2 Å². The summed E-state index contributed by atoms with van der Waals surface area (Å²) in [4.78, 5) is 1.20. The van der Waals surface area contributed by atoms with E-state index in [0.717, 1.165) is 31.6 Å². The van der Waals surface area contributed by atoms with Crippen LogP contribution in [0.5, 0.6) is 0 Å². The van der Waals surface area contributed by atoms with E-state index in [1.54, 1.807) is 0 Å². The average molecular weight is 248 g/mol. The summed E-state index contributed by atoms with van der Waals surface area (Å²) in [6, 6.07) is 8.12. The van der Waals surface area contributed by atoms with Gasteiger partial charge in [-0.25, -0.2) is 0 Å². The molecule has 0 bridgehead atoms. The SMILES string of the molecule is N#CCc1cc(SC2CCOCC2)ccc1N. The van der Waals surface area contributed by atoms with Crippen molar-refractivity contribution >= 4 is 17.4 Å². The second-order valence-electron chi connectivity index (χ2n) is 4.13. The molecule has 1 fully saturated rings. The van der Waals surface area contributed by atoms with Gasteiger partial charge in [-0.2, -0.15) is 5.26 Å². The molecule has 17 heavy (non-hydrogen) atoms. The summed E-state index contributed by atoms with van der Waals surface area (Å²) in [7, 11) is 0. The Balaban J connectivity index is 2.05. The summed E-state index contributed by atoms with van der Waals surface area (Å²) in [6.07, 6.45) is 2.58. The van der Waals surface area contributed by atoms with Crippen molar-refractivity contribution in [3.63, 3.8) is 0 Å². The van der Waals surface area contributed by atoms with Gasteiger partial charge in [0.05, 0.1) is 12.5 Å². The van der Waals surface area contributed by atoms with E-state index < -0.39 is 0 Å². The van der Waals surface area contributed by atoms with Crippen molar-refractivity contribution in [1.29, 1.82) is 5.26 Å². The van der Waals surface area contributed by atoms with Gasteiger partial charge in [0, 0.05) is 29.0 Å². The van der Waals surface area contributed by atoms with Crippen LogP contribution in [0.4, 0.5) is 5.69 Å². The van der Waals surface area contributed by atoms with Gasteiger partial charge in [0.25, 0.3) is 0 Å². The molecule has 0 spiro atoms. The fraction of sp³-hybridized carbons (Fsp3) is 0.462. The van der Waals surface area contributed by atoms with Crippen molar-refractivity contribution in [3.05, 3.63) is 23.8 Å². The van der Waals surface area contributed by atoms with Crippen LogP contribution in [0.1, 0.15) is 18.4 Å². The lowest BCUT2D eigenvalue weighted by molar-refractivity contribution is 0.100. The van der Waals surface area contributed by atoms with E-state index in [-0.39, 0.29) is 0 Å². The highest BCUT2D eigenvalue weighted by Crippen LogP contribution is 2.31. The molecule has 1 saturated heterocycles. The molecule has 0 radical (unpaired) electrons. The minimum absolute atomic E-state index is 0.383. The number of benzene rings is 1. The van der Waals surface area contributed by atoms with Gasteiger partial charge in [-0.1, -0.05) is 0 Å². The minimum atomic E-state index is 0.383. The molecular formula is C13H16N2OS. The number of nitrogens with zero attached hydrogens (tertiary/aromatic N) is 1. The van der Waals surface area contributed by atoms with E-state index in [4.69, 9.17) is 15.7 Å². The Bertz CT molecular complexity index is 422. The predicted molar refractivity (Wildman–Crippen MR) is 69.9 cm³/mol. The molecule has 1 aromatic rings. The number of nitrogens with two attached hydrogens (primary N) is 1. The third-order valence-electron chi connectivity index (χ3n) is 2.86. The first-order chi connectivity index (χ1) is 8.29. The van der Waals surface area contributed by atoms with Crippen LogP contribution in [0.3, 0.4) is 0 Å². The van der Waals surface area contributed by atoms with Crippen molar-refractivity contribution in [2.45, 2.75) is 29.4 Å². The zero-order valence-electron chi connectivity index (χ0n) is 9.69. The molecule has 0 unspecified atom stereocenters. The molecule has 3 nitrogen and oxygen atoms in total. The molecule has 1 aliphatic heterocycles. The van der Waals surface area contributed by atoms with E-state index in [1.807, 2.05) is 30.0 Å². The minimum Gasteiger partial charge on any atom is -0.398 e. The standard InChI is InChI=1S/C13H16N2OS/c14-6-3-10-9-12(1-2-13(10)15)17-11-4-7-16-8-5-11/h1-2,9,11H,3-5,7-8,15H2. The van der Waals surface area contributed by atoms with Gasteiger partial charge in [0.15, 0.2) is 0 Å². The Morgan fingerprint density at radius 2 is 2.18 bits per heavy atom. The smallest absolute Gasteiger partial charge is 0.0670 e. The second-order valence-corrected chi connectivity index (χ2v) is 5.50. The van der Waals surface area contributed by atoms with E-state index in [9.17, 15) is 0 Å². The predicted octanol–water partition coefficient (Wildman–Crippen LogP) is 2.61. The monoisotopic (exact) mass is 248 g/mol. The maximum atomic E-state index is 8.73. The molecule has 0 aromatic heterocycles. The quantitative estimate of drug-likeness (QED) is 0.835. The third kappa shape index (κ3) is 3.39. The topological polar surface area (TPSA) is 59.0 Å². The van der Waals surface area contributed by atoms with Crippen LogP contribution < -0.4 is 5.73 Å². The zero-order valence-corrected chi connectivity index (χ0v) is 10.5. The maximum Gasteiger partial charge on any atom is 0.0670 e. The van der Waals surface area contributed by atoms with Gasteiger partial charge >= 0.3 is 0 Å². The highest BCUT2D eigenvalue weighted by atomic mass is 32.2. The van der Waals surface area contributed by atoms with E-state index in [2.05, 4.69) is 6.07 Å². The normalized spacial score (nSPS) is 16.6. The fourth-order valence-corrected chi connectivity index (χ4v) is 3.05. The Hall–Kier alpha value is -1.18. The summed E-state index contributed by atoms with van der Waals surface area (Å²) >= 11 is 1.87. The van der Waals surface area contributed by atoms with Crippen molar-refractivity contribution in [2.24, 2.45) is 0 Å². The number of nitrogen functional groups attached to an aromatic ring is 1. The van der Waals surface area contributed by atoms with Gasteiger partial charge in [-0.3, -0.25) is 0 Å². The van der Waals surface area contributed by atoms with Crippen LogP contribution in [0.25, 0.3) is 0 Å². The molecule has 2 rings (SSSR count). The second kappa shape index (κ2) is 5.95. The van der Waals surface area contributed by atoms with E-state index >= 15 is 0 Å². The number of rotatable bonds is 3. The number of anilines is 1. The number of ether oxygens (including phenoxy) is 1. The summed E-state index contributed by atoms with van der Waals surface area (Å²) < 4.78 is 5.34. The van der Waals surface area contributed by atoms with Gasteiger partial charge in [0.1, 0.15) is 0 Å². The van der Waals surface area contributed by atoms with Crippen molar-refractivity contribution in [1.82, 2.24) is 0 Å². The molecule has 1 heterocycles. The van der Waals surface area contributed by atoms with Crippen molar-refractivity contribution in [2.75, 3.05) is 18.9 Å². The Morgan fingerprint density at radius 1 is 1.41 bits per heavy atom. The van der Waals surface area contributed by atoms with E-state index in [0.29, 0.717) is 17.4 Å². The molecular weight excluding hydrogens is 232 g/mol. The lowest BCUT2D eigenvalue weighted by atomic mass is 10.1. The first-order valence-electron chi connectivity index (χ1n) is 5.79. The Kier molecular flexibility index (Phi) is 4.29. The van der Waals surface area contributed by atoms with Crippen LogP contribution in [0, 0.1) is 11.3 Å². The maximum absolute atomic E-state index is 8.73. The van der Waals surface area contributed by atoms with Gasteiger partial charge in [-0.05, 0) is 36.6 Å². The zero-order chi connectivity index (χ0) is 12.1. The van der Waals surface area contributed by atoms with Crippen LogP contribution in [0.15, 0.2) is 23.1 Å². The largest absolute Gasteiger partial charge is 0.398 e. The average Bonchev–Trinajstić information content (AvgIpc) is 2.35. The molecule has 1 aromatic carbocycles. The molecule has 1 aliphatic rings. The van der Waals surface area contributed by atoms with Crippen LogP contribution in [-0.4, -0.2) is 18.5 Å². The molecule has 2 N–H and O–H groups in total. The number of thioether (sulfide) groups is 1. The molecule has 4 heteroatoms. The van der Waals surface area contributed by atoms with Crippen LogP contribution in [0.2, 0.25) is 0 Å². The molecule has 0 atom stereocenters. The number of hydrogen-bond donors (Lipinski definition) is 1. The van der Waals surface area contributed by atoms with Crippen molar-refractivity contribution in [3.8, 4) is 6.07 Å².